The minimum atomic E-state index is -0.0584. The van der Waals surface area contributed by atoms with E-state index >= 15 is 0 Å². The van der Waals surface area contributed by atoms with E-state index in [0.29, 0.717) is 10.2 Å². The SMILES string of the molecule is S=C(NC(=S)NC(c1ccccc1)c1ccccc1)Nc1ccccc1. The molecule has 0 aromatic heterocycles. The second kappa shape index (κ2) is 9.08. The maximum Gasteiger partial charge on any atom is 0.177 e. The monoisotopic (exact) mass is 377 g/mol. The molecule has 3 aromatic rings. The molecule has 3 nitrogen and oxygen atoms in total. The number of benzene rings is 3. The molecule has 0 radical (unpaired) electrons. The van der Waals surface area contributed by atoms with Crippen LogP contribution in [-0.4, -0.2) is 10.2 Å². The first-order chi connectivity index (χ1) is 12.7. The molecule has 0 amide bonds. The van der Waals surface area contributed by atoms with Crippen LogP contribution < -0.4 is 16.0 Å². The van der Waals surface area contributed by atoms with Crippen LogP contribution in [0.1, 0.15) is 17.2 Å². The number of para-hydroxylation sites is 1. The van der Waals surface area contributed by atoms with Crippen LogP contribution in [0.2, 0.25) is 0 Å². The lowest BCUT2D eigenvalue weighted by atomic mass is 9.99. The Kier molecular flexibility index (Phi) is 6.30. The van der Waals surface area contributed by atoms with E-state index in [0.717, 1.165) is 16.8 Å². The van der Waals surface area contributed by atoms with Crippen molar-refractivity contribution < 1.29 is 0 Å². The first kappa shape index (κ1) is 18.0. The third kappa shape index (κ3) is 5.12. The van der Waals surface area contributed by atoms with Gasteiger partial charge in [-0.25, -0.2) is 0 Å². The van der Waals surface area contributed by atoms with Crippen LogP contribution >= 0.6 is 24.4 Å². The van der Waals surface area contributed by atoms with Crippen LogP contribution in [0.15, 0.2) is 91.0 Å². The number of hydrogen-bond donors (Lipinski definition) is 3. The fourth-order valence-electron chi connectivity index (χ4n) is 2.60. The molecule has 5 heteroatoms. The van der Waals surface area contributed by atoms with Gasteiger partial charge < -0.3 is 16.0 Å². The highest BCUT2D eigenvalue weighted by molar-refractivity contribution is 7.82. The van der Waals surface area contributed by atoms with Gasteiger partial charge >= 0.3 is 0 Å². The van der Waals surface area contributed by atoms with Gasteiger partial charge in [-0.1, -0.05) is 78.9 Å². The molecular weight excluding hydrogens is 358 g/mol. The zero-order chi connectivity index (χ0) is 18.2. The molecule has 26 heavy (non-hydrogen) atoms. The molecule has 0 aliphatic heterocycles. The van der Waals surface area contributed by atoms with E-state index in [9.17, 15) is 0 Å². The van der Waals surface area contributed by atoms with E-state index < -0.39 is 0 Å². The molecule has 130 valence electrons. The fraction of sp³-hybridized carbons (Fsp3) is 0.0476. The molecule has 0 heterocycles. The van der Waals surface area contributed by atoms with Crippen LogP contribution in [0, 0.1) is 0 Å². The maximum absolute atomic E-state index is 5.47. The van der Waals surface area contributed by atoms with Crippen molar-refractivity contribution in [3.63, 3.8) is 0 Å². The van der Waals surface area contributed by atoms with Crippen molar-refractivity contribution in [3.05, 3.63) is 102 Å². The van der Waals surface area contributed by atoms with Gasteiger partial charge in [0.15, 0.2) is 10.2 Å². The zero-order valence-corrected chi connectivity index (χ0v) is 15.7. The molecule has 3 N–H and O–H groups in total. The Morgan fingerprint density at radius 2 is 1.08 bits per heavy atom. The Morgan fingerprint density at radius 3 is 1.58 bits per heavy atom. The first-order valence-electron chi connectivity index (χ1n) is 8.26. The Balaban J connectivity index is 1.69. The van der Waals surface area contributed by atoms with Gasteiger partial charge in [0.25, 0.3) is 0 Å². The van der Waals surface area contributed by atoms with Crippen LogP contribution in [0.5, 0.6) is 0 Å². The smallest absolute Gasteiger partial charge is 0.177 e. The Hall–Kier alpha value is -2.76. The van der Waals surface area contributed by atoms with Crippen molar-refractivity contribution in [1.82, 2.24) is 10.6 Å². The highest BCUT2D eigenvalue weighted by Crippen LogP contribution is 2.21. The number of rotatable bonds is 4. The Labute approximate surface area is 164 Å². The van der Waals surface area contributed by atoms with Crippen molar-refractivity contribution in [2.24, 2.45) is 0 Å². The molecule has 0 saturated heterocycles. The van der Waals surface area contributed by atoms with Gasteiger partial charge in [-0.2, -0.15) is 0 Å². The van der Waals surface area contributed by atoms with Gasteiger partial charge in [-0.3, -0.25) is 0 Å². The van der Waals surface area contributed by atoms with Gasteiger partial charge in [0, 0.05) is 5.69 Å². The highest BCUT2D eigenvalue weighted by atomic mass is 32.1. The second-order valence-corrected chi connectivity index (χ2v) is 6.49. The van der Waals surface area contributed by atoms with E-state index in [4.69, 9.17) is 24.4 Å². The van der Waals surface area contributed by atoms with Gasteiger partial charge in [-0.05, 0) is 47.7 Å². The number of nitrogens with one attached hydrogen (secondary N) is 3. The van der Waals surface area contributed by atoms with Crippen molar-refractivity contribution in [1.29, 1.82) is 0 Å². The summed E-state index contributed by atoms with van der Waals surface area (Å²) < 4.78 is 0. The molecule has 0 unspecified atom stereocenters. The van der Waals surface area contributed by atoms with E-state index in [1.165, 1.54) is 0 Å². The normalized spacial score (nSPS) is 10.2. The summed E-state index contributed by atoms with van der Waals surface area (Å²) >= 11 is 10.8. The van der Waals surface area contributed by atoms with Gasteiger partial charge in [0.1, 0.15) is 0 Å². The summed E-state index contributed by atoms with van der Waals surface area (Å²) in [6, 6.07) is 30.1. The van der Waals surface area contributed by atoms with Crippen LogP contribution in [-0.2, 0) is 0 Å². The maximum atomic E-state index is 5.47. The molecule has 3 rings (SSSR count). The third-order valence-corrected chi connectivity index (χ3v) is 4.22. The van der Waals surface area contributed by atoms with E-state index in [2.05, 4.69) is 40.2 Å². The summed E-state index contributed by atoms with van der Waals surface area (Å²) in [5, 5.41) is 10.4. The van der Waals surface area contributed by atoms with E-state index in [1.54, 1.807) is 0 Å². The largest absolute Gasteiger partial charge is 0.351 e. The minimum Gasteiger partial charge on any atom is -0.351 e. The van der Waals surface area contributed by atoms with Crippen molar-refractivity contribution in [2.45, 2.75) is 6.04 Å². The Bertz CT molecular complexity index is 813. The highest BCUT2D eigenvalue weighted by Gasteiger charge is 2.15. The molecule has 0 atom stereocenters. The third-order valence-electron chi connectivity index (χ3n) is 3.80. The summed E-state index contributed by atoms with van der Waals surface area (Å²) in [5.74, 6) is 0. The van der Waals surface area contributed by atoms with E-state index in [-0.39, 0.29) is 6.04 Å². The van der Waals surface area contributed by atoms with Gasteiger partial charge in [0.05, 0.1) is 6.04 Å². The lowest BCUT2D eigenvalue weighted by Crippen LogP contribution is -2.43. The van der Waals surface area contributed by atoms with Crippen LogP contribution in [0.4, 0.5) is 5.69 Å². The van der Waals surface area contributed by atoms with Gasteiger partial charge in [0.2, 0.25) is 0 Å². The topological polar surface area (TPSA) is 36.1 Å². The second-order valence-electron chi connectivity index (χ2n) is 5.67. The number of hydrogen-bond acceptors (Lipinski definition) is 2. The molecule has 0 aliphatic carbocycles. The van der Waals surface area contributed by atoms with Crippen molar-refractivity contribution in [3.8, 4) is 0 Å². The van der Waals surface area contributed by atoms with Crippen molar-refractivity contribution in [2.75, 3.05) is 5.32 Å². The quantitative estimate of drug-likeness (QED) is 0.578. The predicted octanol–water partition coefficient (Wildman–Crippen LogP) is 4.64. The summed E-state index contributed by atoms with van der Waals surface area (Å²) in [7, 11) is 0. The standard InChI is InChI=1S/C21H19N3S2/c25-20(22-18-14-8-3-9-15-18)24-21(26)23-19(16-10-4-1-5-11-16)17-12-6-2-7-13-17/h1-15,19H,(H3,22,23,24,25,26). The number of anilines is 1. The Morgan fingerprint density at radius 1 is 0.615 bits per heavy atom. The summed E-state index contributed by atoms with van der Waals surface area (Å²) in [5.41, 5.74) is 3.17. The molecule has 0 fully saturated rings. The van der Waals surface area contributed by atoms with Crippen LogP contribution in [0.3, 0.4) is 0 Å². The molecule has 0 aliphatic rings. The van der Waals surface area contributed by atoms with Crippen LogP contribution in [0.25, 0.3) is 0 Å². The average Bonchev–Trinajstić information content (AvgIpc) is 2.68. The fourth-order valence-corrected chi connectivity index (χ4v) is 3.11. The minimum absolute atomic E-state index is 0.0584. The molecule has 3 aromatic carbocycles. The summed E-state index contributed by atoms with van der Waals surface area (Å²) in [4.78, 5) is 0. The first-order valence-corrected chi connectivity index (χ1v) is 9.07. The molecule has 0 spiro atoms. The number of thiocarbonyl (C=S) groups is 2. The summed E-state index contributed by atoms with van der Waals surface area (Å²) in [6.07, 6.45) is 0. The van der Waals surface area contributed by atoms with Gasteiger partial charge in [-0.15, -0.1) is 0 Å². The summed E-state index contributed by atoms with van der Waals surface area (Å²) in [6.45, 7) is 0. The average molecular weight is 378 g/mol. The molecule has 0 saturated carbocycles. The molecule has 0 bridgehead atoms. The molecular formula is C21H19N3S2. The lowest BCUT2D eigenvalue weighted by molar-refractivity contribution is 0.759. The van der Waals surface area contributed by atoms with E-state index in [1.807, 2.05) is 66.7 Å². The van der Waals surface area contributed by atoms with Crippen molar-refractivity contribution >= 4 is 40.3 Å². The predicted molar refractivity (Wildman–Crippen MR) is 116 cm³/mol. The zero-order valence-electron chi connectivity index (χ0n) is 14.1. The lowest BCUT2D eigenvalue weighted by Gasteiger charge is -2.22.